The van der Waals surface area contributed by atoms with Crippen LogP contribution in [0, 0.1) is 5.41 Å². The molecule has 0 N–H and O–H groups in total. The molecule has 4 aromatic rings. The maximum absolute atomic E-state index is 6.10. The van der Waals surface area contributed by atoms with Crippen LogP contribution in [0.25, 0.3) is 32.3 Å². The molecule has 0 radical (unpaired) electrons. The summed E-state index contributed by atoms with van der Waals surface area (Å²) >= 11 is 0. The number of rotatable bonds is 5. The zero-order valence-electron chi connectivity index (χ0n) is 16.0. The molecule has 26 heavy (non-hydrogen) atoms. The van der Waals surface area contributed by atoms with Crippen LogP contribution in [0.3, 0.4) is 0 Å². The van der Waals surface area contributed by atoms with Crippen LogP contribution in [-0.4, -0.2) is 19.3 Å². The van der Waals surface area contributed by atoms with Crippen molar-refractivity contribution in [3.8, 4) is 5.75 Å². The van der Waals surface area contributed by atoms with Gasteiger partial charge in [0.05, 0.1) is 12.7 Å². The van der Waals surface area contributed by atoms with Gasteiger partial charge < -0.3 is 9.47 Å². The standard InChI is InChI=1S/C24H26O2/c1-16(24(2,3)4)25-14-15-26-21-13-11-19-9-8-17-6-5-7-18-10-12-20(21)23(19)22(17)18/h5-13,16H,14-15H2,1-4H3. The molecule has 0 aliphatic carbocycles. The number of benzene rings is 4. The first-order chi connectivity index (χ1) is 12.4. The van der Waals surface area contributed by atoms with E-state index in [0.29, 0.717) is 13.2 Å². The molecular formula is C24H26O2. The van der Waals surface area contributed by atoms with Crippen molar-refractivity contribution in [3.63, 3.8) is 0 Å². The van der Waals surface area contributed by atoms with Crippen LogP contribution in [0.15, 0.2) is 54.6 Å². The van der Waals surface area contributed by atoms with Gasteiger partial charge in [0, 0.05) is 10.8 Å². The maximum atomic E-state index is 6.10. The minimum atomic E-state index is 0.146. The van der Waals surface area contributed by atoms with Crippen molar-refractivity contribution >= 4 is 32.3 Å². The second kappa shape index (κ2) is 6.44. The molecule has 1 unspecified atom stereocenters. The first-order valence-corrected chi connectivity index (χ1v) is 9.36. The Morgan fingerprint density at radius 3 is 2.08 bits per heavy atom. The van der Waals surface area contributed by atoms with Gasteiger partial charge in [-0.2, -0.15) is 0 Å². The fraction of sp³-hybridized carbons (Fsp3) is 0.333. The van der Waals surface area contributed by atoms with Crippen molar-refractivity contribution in [2.24, 2.45) is 5.41 Å². The third kappa shape index (κ3) is 2.99. The lowest BCUT2D eigenvalue weighted by atomic mass is 9.90. The number of ether oxygens (including phenoxy) is 2. The van der Waals surface area contributed by atoms with E-state index >= 15 is 0 Å². The topological polar surface area (TPSA) is 18.5 Å². The Labute approximate surface area is 155 Å². The molecule has 0 aliphatic rings. The molecule has 4 aromatic carbocycles. The minimum Gasteiger partial charge on any atom is -0.491 e. The summed E-state index contributed by atoms with van der Waals surface area (Å²) in [5.41, 5.74) is 0.146. The highest BCUT2D eigenvalue weighted by molar-refractivity contribution is 6.24. The monoisotopic (exact) mass is 346 g/mol. The van der Waals surface area contributed by atoms with Crippen LogP contribution >= 0.6 is 0 Å². The van der Waals surface area contributed by atoms with Crippen molar-refractivity contribution < 1.29 is 9.47 Å². The van der Waals surface area contributed by atoms with Gasteiger partial charge >= 0.3 is 0 Å². The van der Waals surface area contributed by atoms with Gasteiger partial charge in [0.1, 0.15) is 12.4 Å². The fourth-order valence-electron chi connectivity index (χ4n) is 3.46. The smallest absolute Gasteiger partial charge is 0.127 e. The molecule has 1 atom stereocenters. The van der Waals surface area contributed by atoms with Gasteiger partial charge in [-0.3, -0.25) is 0 Å². The Morgan fingerprint density at radius 1 is 0.769 bits per heavy atom. The van der Waals surface area contributed by atoms with E-state index in [0.717, 1.165) is 5.75 Å². The predicted octanol–water partition coefficient (Wildman–Crippen LogP) is 6.41. The van der Waals surface area contributed by atoms with Crippen LogP contribution in [0.5, 0.6) is 5.75 Å². The summed E-state index contributed by atoms with van der Waals surface area (Å²) in [4.78, 5) is 0. The lowest BCUT2D eigenvalue weighted by molar-refractivity contribution is -0.0163. The molecular weight excluding hydrogens is 320 g/mol. The summed E-state index contributed by atoms with van der Waals surface area (Å²) in [5.74, 6) is 0.933. The van der Waals surface area contributed by atoms with E-state index in [-0.39, 0.29) is 11.5 Å². The molecule has 134 valence electrons. The summed E-state index contributed by atoms with van der Waals surface area (Å²) in [6.07, 6.45) is 0.201. The molecule has 0 aromatic heterocycles. The van der Waals surface area contributed by atoms with Crippen LogP contribution < -0.4 is 4.74 Å². The van der Waals surface area contributed by atoms with Gasteiger partial charge in [-0.25, -0.2) is 0 Å². The molecule has 0 saturated carbocycles. The third-order valence-electron chi connectivity index (χ3n) is 5.42. The van der Waals surface area contributed by atoms with Crippen molar-refractivity contribution in [2.45, 2.75) is 33.8 Å². The van der Waals surface area contributed by atoms with E-state index in [1.54, 1.807) is 0 Å². The van der Waals surface area contributed by atoms with Crippen LogP contribution in [0.1, 0.15) is 27.7 Å². The second-order valence-electron chi connectivity index (χ2n) is 8.15. The van der Waals surface area contributed by atoms with Crippen molar-refractivity contribution in [1.29, 1.82) is 0 Å². The van der Waals surface area contributed by atoms with Gasteiger partial charge in [0.15, 0.2) is 0 Å². The second-order valence-corrected chi connectivity index (χ2v) is 8.15. The molecule has 2 heteroatoms. The van der Waals surface area contributed by atoms with Crippen molar-refractivity contribution in [3.05, 3.63) is 54.6 Å². The zero-order chi connectivity index (χ0) is 18.3. The van der Waals surface area contributed by atoms with Crippen LogP contribution in [0.2, 0.25) is 0 Å². The van der Waals surface area contributed by atoms with Crippen LogP contribution in [-0.2, 0) is 4.74 Å². The Morgan fingerprint density at radius 2 is 1.38 bits per heavy atom. The average Bonchev–Trinajstić information content (AvgIpc) is 2.63. The number of hydrogen-bond donors (Lipinski definition) is 0. The first-order valence-electron chi connectivity index (χ1n) is 9.36. The van der Waals surface area contributed by atoms with Gasteiger partial charge in [-0.1, -0.05) is 63.2 Å². The van der Waals surface area contributed by atoms with Gasteiger partial charge in [-0.15, -0.1) is 0 Å². The minimum absolute atomic E-state index is 0.146. The Balaban J connectivity index is 1.62. The Bertz CT molecular complexity index is 1030. The van der Waals surface area contributed by atoms with E-state index in [4.69, 9.17) is 9.47 Å². The Kier molecular flexibility index (Phi) is 4.24. The van der Waals surface area contributed by atoms with E-state index < -0.39 is 0 Å². The fourth-order valence-corrected chi connectivity index (χ4v) is 3.46. The summed E-state index contributed by atoms with van der Waals surface area (Å²) in [6, 6.07) is 19.5. The predicted molar refractivity (Wildman–Crippen MR) is 111 cm³/mol. The van der Waals surface area contributed by atoms with E-state index in [1.807, 2.05) is 0 Å². The highest BCUT2D eigenvalue weighted by Crippen LogP contribution is 2.38. The lowest BCUT2D eigenvalue weighted by Gasteiger charge is -2.27. The number of hydrogen-bond acceptors (Lipinski definition) is 2. The van der Waals surface area contributed by atoms with Gasteiger partial charge in [0.2, 0.25) is 0 Å². The normalized spacial score (nSPS) is 13.7. The summed E-state index contributed by atoms with van der Waals surface area (Å²) in [5, 5.41) is 7.61. The van der Waals surface area contributed by atoms with E-state index in [2.05, 4.69) is 82.3 Å². The first kappa shape index (κ1) is 17.1. The quantitative estimate of drug-likeness (QED) is 0.307. The molecule has 0 aliphatic heterocycles. The van der Waals surface area contributed by atoms with E-state index in [9.17, 15) is 0 Å². The molecule has 0 saturated heterocycles. The largest absolute Gasteiger partial charge is 0.491 e. The molecule has 0 amide bonds. The van der Waals surface area contributed by atoms with Gasteiger partial charge in [0.25, 0.3) is 0 Å². The average molecular weight is 346 g/mol. The SMILES string of the molecule is CC(OCCOc1ccc2ccc3cccc4ccc1c2c34)C(C)(C)C. The van der Waals surface area contributed by atoms with Gasteiger partial charge in [-0.05, 0) is 46.0 Å². The van der Waals surface area contributed by atoms with Crippen molar-refractivity contribution in [2.75, 3.05) is 13.2 Å². The molecule has 4 rings (SSSR count). The van der Waals surface area contributed by atoms with Crippen LogP contribution in [0.4, 0.5) is 0 Å². The summed E-state index contributed by atoms with van der Waals surface area (Å²) < 4.78 is 12.0. The highest BCUT2D eigenvalue weighted by Gasteiger charge is 2.20. The third-order valence-corrected chi connectivity index (χ3v) is 5.42. The van der Waals surface area contributed by atoms with Crippen molar-refractivity contribution in [1.82, 2.24) is 0 Å². The maximum Gasteiger partial charge on any atom is 0.127 e. The Hall–Kier alpha value is -2.32. The zero-order valence-corrected chi connectivity index (χ0v) is 16.0. The lowest BCUT2D eigenvalue weighted by Crippen LogP contribution is -2.27. The van der Waals surface area contributed by atoms with E-state index in [1.165, 1.54) is 32.3 Å². The molecule has 0 heterocycles. The summed E-state index contributed by atoms with van der Waals surface area (Å²) in [6.45, 7) is 9.86. The molecule has 2 nitrogen and oxygen atoms in total. The molecule has 0 bridgehead atoms. The molecule has 0 fully saturated rings. The molecule has 0 spiro atoms. The highest BCUT2D eigenvalue weighted by atomic mass is 16.5. The summed E-state index contributed by atoms with van der Waals surface area (Å²) in [7, 11) is 0.